The van der Waals surface area contributed by atoms with Crippen LogP contribution in [0.1, 0.15) is 26.3 Å². The molecule has 0 aliphatic carbocycles. The first kappa shape index (κ1) is 20.9. The summed E-state index contributed by atoms with van der Waals surface area (Å²) in [5.41, 5.74) is 2.15. The van der Waals surface area contributed by atoms with E-state index in [1.54, 1.807) is 32.9 Å². The molecule has 0 aliphatic heterocycles. The Labute approximate surface area is 154 Å². The molecule has 1 aromatic rings. The molecule has 0 unspecified atom stereocenters. The number of hydroxylamine groups is 1. The van der Waals surface area contributed by atoms with Crippen molar-refractivity contribution >= 4 is 34.1 Å². The number of alkyl halides is 1. The number of benzene rings is 1. The molecule has 0 spiro atoms. The first-order valence-electron chi connectivity index (χ1n) is 7.44. The molecule has 0 bridgehead atoms. The highest BCUT2D eigenvalue weighted by Gasteiger charge is 2.25. The second-order valence-electron chi connectivity index (χ2n) is 5.94. The summed E-state index contributed by atoms with van der Waals surface area (Å²) in [5.74, 6) is -0.955. The Hall–Kier alpha value is -2.13. The quantitative estimate of drug-likeness (QED) is 0.319. The molecular weight excluding hydrogens is 396 g/mol. The van der Waals surface area contributed by atoms with E-state index in [1.807, 2.05) is 23.7 Å². The largest absolute Gasteiger partial charge is 0.445 e. The van der Waals surface area contributed by atoms with Crippen LogP contribution in [0.15, 0.2) is 30.3 Å². The normalized spacial score (nSPS) is 12.0. The number of ether oxygens (including phenoxy) is 2. The average molecular weight is 417 g/mol. The van der Waals surface area contributed by atoms with Crippen LogP contribution in [0.3, 0.4) is 0 Å². The van der Waals surface area contributed by atoms with Crippen LogP contribution in [0.4, 0.5) is 9.59 Å². The van der Waals surface area contributed by atoms with Gasteiger partial charge in [-0.1, -0.05) is 46.3 Å². The molecule has 0 saturated carbocycles. The Morgan fingerprint density at radius 3 is 2.32 bits per heavy atom. The molecule has 0 aromatic heterocycles. The maximum atomic E-state index is 11.9. The lowest BCUT2D eigenvalue weighted by Gasteiger charge is -2.19. The minimum atomic E-state index is -1.09. The lowest BCUT2D eigenvalue weighted by atomic mass is 10.2. The smallest absolute Gasteiger partial charge is 0.439 e. The third kappa shape index (κ3) is 9.06. The van der Waals surface area contributed by atoms with E-state index >= 15 is 0 Å². The topological polar surface area (TPSA) is 103 Å². The number of carbonyl (C=O) groups is 3. The van der Waals surface area contributed by atoms with Crippen molar-refractivity contribution in [2.75, 3.05) is 5.33 Å². The van der Waals surface area contributed by atoms with Crippen molar-refractivity contribution in [2.45, 2.75) is 39.0 Å². The standard InChI is InChI=1S/C16H21BrN2O6/c1-16(2,3)25-19-15(22)24-13(20)12(9-17)18-14(21)23-10-11-7-5-4-6-8-11/h4-8,12H,9-10H2,1-3H3,(H,18,21)(H,19,22)/t12-/m0/s1. The number of hydrogen-bond acceptors (Lipinski definition) is 6. The van der Waals surface area contributed by atoms with E-state index in [2.05, 4.69) is 26.0 Å². The number of hydrogen-bond donors (Lipinski definition) is 2. The summed E-state index contributed by atoms with van der Waals surface area (Å²) >= 11 is 3.07. The monoisotopic (exact) mass is 416 g/mol. The summed E-state index contributed by atoms with van der Waals surface area (Å²) in [5, 5.41) is 2.35. The zero-order valence-electron chi connectivity index (χ0n) is 14.2. The number of alkyl carbamates (subject to hydrolysis) is 1. The molecule has 0 saturated heterocycles. The van der Waals surface area contributed by atoms with Crippen LogP contribution in [0.2, 0.25) is 0 Å². The van der Waals surface area contributed by atoms with Crippen LogP contribution in [-0.2, 0) is 25.7 Å². The lowest BCUT2D eigenvalue weighted by molar-refractivity contribution is -0.142. The van der Waals surface area contributed by atoms with Gasteiger partial charge in [0.15, 0.2) is 0 Å². The maximum Gasteiger partial charge on any atom is 0.439 e. The Morgan fingerprint density at radius 1 is 1.12 bits per heavy atom. The molecule has 0 radical (unpaired) electrons. The van der Waals surface area contributed by atoms with Crippen LogP contribution >= 0.6 is 15.9 Å². The van der Waals surface area contributed by atoms with E-state index in [0.29, 0.717) is 0 Å². The van der Waals surface area contributed by atoms with E-state index in [0.717, 1.165) is 5.56 Å². The second kappa shape index (κ2) is 10.00. The zero-order valence-corrected chi connectivity index (χ0v) is 15.8. The van der Waals surface area contributed by atoms with Crippen molar-refractivity contribution in [2.24, 2.45) is 0 Å². The highest BCUT2D eigenvalue weighted by molar-refractivity contribution is 9.09. The minimum absolute atomic E-state index is 0.0413. The molecule has 2 amide bonds. The highest BCUT2D eigenvalue weighted by Crippen LogP contribution is 2.05. The van der Waals surface area contributed by atoms with Crippen LogP contribution in [0.25, 0.3) is 0 Å². The van der Waals surface area contributed by atoms with E-state index in [1.165, 1.54) is 0 Å². The number of nitrogens with one attached hydrogen (secondary N) is 2. The van der Waals surface area contributed by atoms with Crippen LogP contribution in [-0.4, -0.2) is 35.1 Å². The summed E-state index contributed by atoms with van der Waals surface area (Å²) in [6, 6.07) is 7.96. The van der Waals surface area contributed by atoms with Crippen molar-refractivity contribution in [1.29, 1.82) is 0 Å². The number of amides is 2. The van der Waals surface area contributed by atoms with Gasteiger partial charge in [0, 0.05) is 5.33 Å². The van der Waals surface area contributed by atoms with Gasteiger partial charge >= 0.3 is 18.2 Å². The van der Waals surface area contributed by atoms with Crippen molar-refractivity contribution in [3.05, 3.63) is 35.9 Å². The fourth-order valence-electron chi connectivity index (χ4n) is 1.45. The van der Waals surface area contributed by atoms with E-state index < -0.39 is 29.8 Å². The lowest BCUT2D eigenvalue weighted by Crippen LogP contribution is -2.45. The van der Waals surface area contributed by atoms with Crippen LogP contribution in [0.5, 0.6) is 0 Å². The first-order chi connectivity index (χ1) is 11.7. The maximum absolute atomic E-state index is 11.9. The van der Waals surface area contributed by atoms with Crippen LogP contribution in [0, 0.1) is 0 Å². The molecule has 138 valence electrons. The second-order valence-corrected chi connectivity index (χ2v) is 6.59. The average Bonchev–Trinajstić information content (AvgIpc) is 2.56. The number of halogens is 1. The van der Waals surface area contributed by atoms with Gasteiger partial charge in [0.25, 0.3) is 0 Å². The summed E-state index contributed by atoms with van der Waals surface area (Å²) in [6.45, 7) is 5.18. The van der Waals surface area contributed by atoms with E-state index in [4.69, 9.17) is 9.57 Å². The SMILES string of the molecule is CC(C)(C)ONC(=O)OC(=O)[C@H](CBr)NC(=O)OCc1ccccc1. The van der Waals surface area contributed by atoms with Gasteiger partial charge in [-0.2, -0.15) is 5.48 Å². The molecule has 25 heavy (non-hydrogen) atoms. The first-order valence-corrected chi connectivity index (χ1v) is 8.56. The van der Waals surface area contributed by atoms with Gasteiger partial charge in [0.2, 0.25) is 0 Å². The van der Waals surface area contributed by atoms with Gasteiger partial charge in [-0.15, -0.1) is 0 Å². The van der Waals surface area contributed by atoms with Gasteiger partial charge in [-0.3, -0.25) is 4.84 Å². The molecule has 1 aromatic carbocycles. The summed E-state index contributed by atoms with van der Waals surface area (Å²) in [7, 11) is 0. The Morgan fingerprint density at radius 2 is 1.76 bits per heavy atom. The number of carbonyl (C=O) groups excluding carboxylic acids is 3. The fourth-order valence-corrected chi connectivity index (χ4v) is 1.87. The number of rotatable bonds is 6. The summed E-state index contributed by atoms with van der Waals surface area (Å²) in [4.78, 5) is 40.1. The predicted octanol–water partition coefficient (Wildman–Crippen LogP) is 2.66. The predicted molar refractivity (Wildman–Crippen MR) is 92.8 cm³/mol. The number of esters is 1. The molecule has 2 N–H and O–H groups in total. The van der Waals surface area contributed by atoms with Gasteiger partial charge in [-0.25, -0.2) is 14.4 Å². The van der Waals surface area contributed by atoms with Crippen molar-refractivity contribution < 1.29 is 28.7 Å². The van der Waals surface area contributed by atoms with E-state index in [9.17, 15) is 14.4 Å². The molecule has 0 aliphatic rings. The Kier molecular flexibility index (Phi) is 8.36. The Balaban J connectivity index is 2.42. The van der Waals surface area contributed by atoms with Gasteiger partial charge in [0.1, 0.15) is 12.6 Å². The van der Waals surface area contributed by atoms with Crippen molar-refractivity contribution in [3.8, 4) is 0 Å². The Bertz CT molecular complexity index is 588. The van der Waals surface area contributed by atoms with Crippen LogP contribution < -0.4 is 10.8 Å². The fraction of sp³-hybridized carbons (Fsp3) is 0.438. The summed E-state index contributed by atoms with van der Waals surface area (Å²) < 4.78 is 9.55. The molecule has 0 heterocycles. The highest BCUT2D eigenvalue weighted by atomic mass is 79.9. The van der Waals surface area contributed by atoms with Crippen molar-refractivity contribution in [3.63, 3.8) is 0 Å². The zero-order chi connectivity index (χ0) is 18.9. The molecular formula is C16H21BrN2O6. The third-order valence-electron chi connectivity index (χ3n) is 2.58. The minimum Gasteiger partial charge on any atom is -0.445 e. The molecule has 1 atom stereocenters. The van der Waals surface area contributed by atoms with E-state index in [-0.39, 0.29) is 11.9 Å². The van der Waals surface area contributed by atoms with Gasteiger partial charge in [0.05, 0.1) is 5.60 Å². The van der Waals surface area contributed by atoms with Gasteiger partial charge in [-0.05, 0) is 26.3 Å². The molecule has 0 fully saturated rings. The third-order valence-corrected chi connectivity index (χ3v) is 3.22. The van der Waals surface area contributed by atoms with Crippen molar-refractivity contribution in [1.82, 2.24) is 10.8 Å². The summed E-state index contributed by atoms with van der Waals surface area (Å²) in [6.07, 6.45) is -1.89. The molecule has 8 nitrogen and oxygen atoms in total. The van der Waals surface area contributed by atoms with Gasteiger partial charge < -0.3 is 14.8 Å². The molecule has 1 rings (SSSR count). The molecule has 9 heteroatoms.